The van der Waals surface area contributed by atoms with E-state index in [0.29, 0.717) is 5.69 Å². The van der Waals surface area contributed by atoms with Crippen molar-refractivity contribution in [3.8, 4) is 6.07 Å². The van der Waals surface area contributed by atoms with Gasteiger partial charge in [-0.2, -0.15) is 5.26 Å². The summed E-state index contributed by atoms with van der Waals surface area (Å²) in [6.07, 6.45) is 1.68. The van der Waals surface area contributed by atoms with Gasteiger partial charge >= 0.3 is 0 Å². The van der Waals surface area contributed by atoms with Crippen LogP contribution in [0.25, 0.3) is 0 Å². The van der Waals surface area contributed by atoms with Crippen molar-refractivity contribution in [1.82, 2.24) is 4.98 Å². The SMILES string of the molecule is C[C@](C#N)(O[Si](C)(C)C)c1ccccn1. The van der Waals surface area contributed by atoms with Crippen LogP contribution in [-0.4, -0.2) is 13.3 Å². The molecular formula is C11H16N2OSi. The van der Waals surface area contributed by atoms with Crippen LogP contribution in [-0.2, 0) is 10.0 Å². The number of hydrogen-bond acceptors (Lipinski definition) is 3. The van der Waals surface area contributed by atoms with Crippen LogP contribution >= 0.6 is 0 Å². The van der Waals surface area contributed by atoms with Crippen LogP contribution in [0.2, 0.25) is 19.6 Å². The van der Waals surface area contributed by atoms with Gasteiger partial charge in [0.15, 0.2) is 13.9 Å². The molecule has 1 atom stereocenters. The fraction of sp³-hybridized carbons (Fsp3) is 0.455. The van der Waals surface area contributed by atoms with Gasteiger partial charge in [0, 0.05) is 6.20 Å². The number of hydrogen-bond donors (Lipinski definition) is 0. The third-order valence-electron chi connectivity index (χ3n) is 1.88. The number of aromatic nitrogens is 1. The van der Waals surface area contributed by atoms with E-state index in [2.05, 4.69) is 30.7 Å². The number of pyridine rings is 1. The molecule has 0 fully saturated rings. The summed E-state index contributed by atoms with van der Waals surface area (Å²) in [6, 6.07) is 7.72. The highest BCUT2D eigenvalue weighted by Gasteiger charge is 2.34. The molecular weight excluding hydrogens is 204 g/mol. The summed E-state index contributed by atoms with van der Waals surface area (Å²) in [5, 5.41) is 9.21. The van der Waals surface area contributed by atoms with Gasteiger partial charge in [-0.3, -0.25) is 4.98 Å². The minimum absolute atomic E-state index is 0.676. The molecule has 0 aliphatic carbocycles. The lowest BCUT2D eigenvalue weighted by molar-refractivity contribution is 0.136. The molecule has 0 spiro atoms. The van der Waals surface area contributed by atoms with Crippen LogP contribution in [0.1, 0.15) is 12.6 Å². The van der Waals surface area contributed by atoms with Gasteiger partial charge in [0.25, 0.3) is 0 Å². The second-order valence-corrected chi connectivity index (χ2v) is 9.00. The zero-order chi connectivity index (χ0) is 11.5. The molecule has 0 unspecified atom stereocenters. The highest BCUT2D eigenvalue weighted by molar-refractivity contribution is 6.69. The van der Waals surface area contributed by atoms with E-state index in [1.165, 1.54) is 0 Å². The van der Waals surface area contributed by atoms with Crippen LogP contribution in [0.5, 0.6) is 0 Å². The zero-order valence-electron chi connectivity index (χ0n) is 9.61. The first-order valence-electron chi connectivity index (χ1n) is 4.90. The van der Waals surface area contributed by atoms with Crippen LogP contribution < -0.4 is 0 Å². The third-order valence-corrected chi connectivity index (χ3v) is 2.90. The van der Waals surface area contributed by atoms with Crippen LogP contribution in [0, 0.1) is 11.3 Å². The fourth-order valence-electron chi connectivity index (χ4n) is 1.39. The summed E-state index contributed by atoms with van der Waals surface area (Å²) in [5.41, 5.74) is -0.249. The highest BCUT2D eigenvalue weighted by Crippen LogP contribution is 2.26. The Bertz CT molecular complexity index is 366. The summed E-state index contributed by atoms with van der Waals surface area (Å²) < 4.78 is 5.88. The maximum absolute atomic E-state index is 9.21. The molecule has 0 N–H and O–H groups in total. The van der Waals surface area contributed by atoms with Crippen molar-refractivity contribution in [2.24, 2.45) is 0 Å². The topological polar surface area (TPSA) is 45.9 Å². The maximum atomic E-state index is 9.21. The fourth-order valence-corrected chi connectivity index (χ4v) is 2.76. The van der Waals surface area contributed by atoms with Gasteiger partial charge in [0.05, 0.1) is 5.69 Å². The zero-order valence-corrected chi connectivity index (χ0v) is 10.6. The molecule has 4 heteroatoms. The average molecular weight is 220 g/mol. The highest BCUT2D eigenvalue weighted by atomic mass is 28.4. The summed E-state index contributed by atoms with van der Waals surface area (Å²) in [4.78, 5) is 4.18. The molecule has 15 heavy (non-hydrogen) atoms. The molecule has 0 radical (unpaired) electrons. The molecule has 1 aromatic heterocycles. The van der Waals surface area contributed by atoms with E-state index in [0.717, 1.165) is 0 Å². The van der Waals surface area contributed by atoms with Gasteiger partial charge < -0.3 is 4.43 Å². The second-order valence-electron chi connectivity index (χ2n) is 4.57. The Hall–Kier alpha value is -1.18. The van der Waals surface area contributed by atoms with Crippen LogP contribution in [0.15, 0.2) is 24.4 Å². The lowest BCUT2D eigenvalue weighted by Crippen LogP contribution is -2.38. The van der Waals surface area contributed by atoms with Crippen molar-refractivity contribution in [2.45, 2.75) is 32.2 Å². The summed E-state index contributed by atoms with van der Waals surface area (Å²) >= 11 is 0. The van der Waals surface area contributed by atoms with Crippen LogP contribution in [0.3, 0.4) is 0 Å². The quantitative estimate of drug-likeness (QED) is 0.736. The maximum Gasteiger partial charge on any atom is 0.186 e. The first-order valence-corrected chi connectivity index (χ1v) is 8.31. The molecule has 3 nitrogen and oxygen atoms in total. The van der Waals surface area contributed by atoms with Crippen molar-refractivity contribution < 1.29 is 4.43 Å². The largest absolute Gasteiger partial charge is 0.396 e. The van der Waals surface area contributed by atoms with E-state index in [9.17, 15) is 5.26 Å². The molecule has 0 aliphatic rings. The lowest BCUT2D eigenvalue weighted by atomic mass is 10.0. The Labute approximate surface area is 91.9 Å². The minimum atomic E-state index is -1.76. The Balaban J connectivity index is 3.03. The van der Waals surface area contributed by atoms with E-state index in [-0.39, 0.29) is 0 Å². The lowest BCUT2D eigenvalue weighted by Gasteiger charge is -2.29. The van der Waals surface area contributed by atoms with Crippen molar-refractivity contribution in [3.63, 3.8) is 0 Å². The Morgan fingerprint density at radius 3 is 2.47 bits per heavy atom. The molecule has 0 amide bonds. The van der Waals surface area contributed by atoms with Gasteiger partial charge in [0.2, 0.25) is 0 Å². The van der Waals surface area contributed by atoms with Gasteiger partial charge in [-0.15, -0.1) is 0 Å². The Morgan fingerprint density at radius 1 is 1.40 bits per heavy atom. The van der Waals surface area contributed by atoms with E-state index < -0.39 is 13.9 Å². The average Bonchev–Trinajstić information content (AvgIpc) is 2.16. The number of rotatable bonds is 3. The van der Waals surface area contributed by atoms with Crippen molar-refractivity contribution in [3.05, 3.63) is 30.1 Å². The predicted octanol–water partition coefficient (Wildman–Crippen LogP) is 2.67. The van der Waals surface area contributed by atoms with E-state index in [4.69, 9.17) is 4.43 Å². The normalized spacial score (nSPS) is 15.4. The van der Waals surface area contributed by atoms with Crippen LogP contribution in [0.4, 0.5) is 0 Å². The van der Waals surface area contributed by atoms with E-state index >= 15 is 0 Å². The minimum Gasteiger partial charge on any atom is -0.396 e. The summed E-state index contributed by atoms with van der Waals surface area (Å²) in [7, 11) is -1.76. The standard InChI is InChI=1S/C11H16N2OSi/c1-11(9-12,14-15(2,3)4)10-7-5-6-8-13-10/h5-8H,1-4H3/t11-/m1/s1. The van der Waals surface area contributed by atoms with Crippen molar-refractivity contribution in [1.29, 1.82) is 5.26 Å². The molecule has 0 aliphatic heterocycles. The first kappa shape index (κ1) is 11.9. The number of nitrogens with zero attached hydrogens (tertiary/aromatic N) is 2. The molecule has 1 aromatic rings. The molecule has 80 valence electrons. The molecule has 0 saturated carbocycles. The Morgan fingerprint density at radius 2 is 2.07 bits per heavy atom. The summed E-state index contributed by atoms with van der Waals surface area (Å²) in [5.74, 6) is 0. The second kappa shape index (κ2) is 4.13. The van der Waals surface area contributed by atoms with E-state index in [1.54, 1.807) is 13.1 Å². The molecule has 0 bridgehead atoms. The van der Waals surface area contributed by atoms with Gasteiger partial charge in [-0.25, -0.2) is 0 Å². The Kier molecular flexibility index (Phi) is 3.27. The predicted molar refractivity (Wildman–Crippen MR) is 61.6 cm³/mol. The van der Waals surface area contributed by atoms with Gasteiger partial charge in [-0.1, -0.05) is 6.07 Å². The number of nitriles is 1. The molecule has 1 rings (SSSR count). The third kappa shape index (κ3) is 3.15. The smallest absolute Gasteiger partial charge is 0.186 e. The molecule has 0 saturated heterocycles. The molecule has 0 aromatic carbocycles. The van der Waals surface area contributed by atoms with Gasteiger partial charge in [-0.05, 0) is 38.7 Å². The first-order chi connectivity index (χ1) is 6.87. The monoisotopic (exact) mass is 220 g/mol. The van der Waals surface area contributed by atoms with Crippen molar-refractivity contribution >= 4 is 8.32 Å². The summed E-state index contributed by atoms with van der Waals surface area (Å²) in [6.45, 7) is 7.95. The van der Waals surface area contributed by atoms with Gasteiger partial charge in [0.1, 0.15) is 6.07 Å². The molecule has 1 heterocycles. The van der Waals surface area contributed by atoms with Crippen molar-refractivity contribution in [2.75, 3.05) is 0 Å². The van der Waals surface area contributed by atoms with E-state index in [1.807, 2.05) is 18.2 Å².